The van der Waals surface area contributed by atoms with E-state index in [-0.39, 0.29) is 29.3 Å². The van der Waals surface area contributed by atoms with E-state index >= 15 is 0 Å². The highest BCUT2D eigenvalue weighted by atomic mass is 35.5. The van der Waals surface area contributed by atoms with E-state index in [1.807, 2.05) is 0 Å². The predicted molar refractivity (Wildman–Crippen MR) is 157 cm³/mol. The molecule has 228 valence electrons. The van der Waals surface area contributed by atoms with E-state index < -0.39 is 0 Å². The highest BCUT2D eigenvalue weighted by Crippen LogP contribution is 2.45. The average Bonchev–Trinajstić information content (AvgIpc) is 2.76. The molecule has 3 rings (SSSR count). The number of hydrogen-bond acceptors (Lipinski definition) is 4. The minimum absolute atomic E-state index is 0. The third kappa shape index (κ3) is 12.8. The first-order chi connectivity index (χ1) is 15.3. The monoisotopic (exact) mass is 558 g/mol. The molecule has 0 bridgehead atoms. The number of nitrogens with zero attached hydrogens (tertiary/aromatic N) is 1. The van der Waals surface area contributed by atoms with Gasteiger partial charge in [0.25, 0.3) is 0 Å². The van der Waals surface area contributed by atoms with E-state index in [4.69, 9.17) is 16.3 Å². The van der Waals surface area contributed by atoms with Gasteiger partial charge >= 0.3 is 0 Å². The first kappa shape index (κ1) is 41.5. The number of nitrogens with one attached hydrogen (secondary N) is 1. The molecule has 2 saturated carbocycles. The third-order valence-electron chi connectivity index (χ3n) is 8.84. The molecule has 2 aliphatic carbocycles. The Labute approximate surface area is 232 Å². The van der Waals surface area contributed by atoms with Crippen molar-refractivity contribution >= 4 is 11.6 Å². The summed E-state index contributed by atoms with van der Waals surface area (Å²) in [6.45, 7) is 15.4. The maximum absolute atomic E-state index is 9.30. The highest BCUT2D eigenvalue weighted by molar-refractivity contribution is 6.20. The summed E-state index contributed by atoms with van der Waals surface area (Å²) in [7, 11) is 0. The van der Waals surface area contributed by atoms with Gasteiger partial charge in [-0.25, -0.2) is 0 Å². The number of piperidine rings is 1. The summed E-state index contributed by atoms with van der Waals surface area (Å²) >= 11 is 6.38. The maximum atomic E-state index is 9.30. The zero-order valence-electron chi connectivity index (χ0n) is 23.3. The largest absolute Gasteiger partial charge is 0.412 e. The molecule has 3 aliphatic rings. The van der Waals surface area contributed by atoms with Crippen molar-refractivity contribution in [2.24, 2.45) is 29.1 Å². The Morgan fingerprint density at radius 3 is 2.05 bits per heavy atom. The third-order valence-corrected chi connectivity index (χ3v) is 9.27. The normalized spacial score (nSPS) is 30.4. The molecule has 0 radical (unpaired) electrons. The van der Waals surface area contributed by atoms with E-state index in [1.165, 1.54) is 45.2 Å². The standard InChI is InChI=1S/C27H51ClN2O2.CH4.4H2O/c1-20(2)26(29-14-16-32-24-11-5-21(18-31)6-12-24)17-30-15-13-25(27(3,4)19-30)22-7-9-23(28)10-8-22;;;;;/h20-26,29,31H,5-19H2,1-4H3;1H4;4*1H2/t21?,22?,23?,24?,25?,26-;;;;;/m0...../s1. The molecule has 0 aromatic carbocycles. The highest BCUT2D eigenvalue weighted by Gasteiger charge is 2.41. The molecule has 0 aromatic rings. The summed E-state index contributed by atoms with van der Waals surface area (Å²) in [5.41, 5.74) is 0.389. The van der Waals surface area contributed by atoms with E-state index in [9.17, 15) is 5.11 Å². The first-order valence-corrected chi connectivity index (χ1v) is 14.0. The second-order valence-electron chi connectivity index (χ2n) is 12.1. The van der Waals surface area contributed by atoms with Gasteiger partial charge in [-0.3, -0.25) is 0 Å². The topological polar surface area (TPSA) is 171 Å². The molecule has 1 heterocycles. The number of aliphatic hydroxyl groups excluding tert-OH is 1. The van der Waals surface area contributed by atoms with Crippen LogP contribution < -0.4 is 5.32 Å². The molecule has 0 aromatic heterocycles. The molecule has 8 nitrogen and oxygen atoms in total. The van der Waals surface area contributed by atoms with E-state index in [0.29, 0.717) is 41.4 Å². The van der Waals surface area contributed by atoms with Crippen LogP contribution in [-0.4, -0.2) is 88.8 Å². The van der Waals surface area contributed by atoms with Crippen molar-refractivity contribution < 1.29 is 31.7 Å². The van der Waals surface area contributed by atoms with Crippen LogP contribution in [0.15, 0.2) is 0 Å². The average molecular weight is 559 g/mol. The van der Waals surface area contributed by atoms with Gasteiger partial charge in [0.05, 0.1) is 12.7 Å². The SMILES string of the molecule is C.CC(C)[C@H](CN1CCC(C2CCC(Cl)CC2)C(C)(C)C1)NCCOC1CCC(CO)CC1.O.O.O.O. The van der Waals surface area contributed by atoms with Crippen molar-refractivity contribution in [1.29, 1.82) is 0 Å². The summed E-state index contributed by atoms with van der Waals surface area (Å²) in [5, 5.41) is 13.5. The fraction of sp³-hybridized carbons (Fsp3) is 1.00. The van der Waals surface area contributed by atoms with Gasteiger partial charge < -0.3 is 42.0 Å². The summed E-state index contributed by atoms with van der Waals surface area (Å²) in [6, 6.07) is 0.516. The van der Waals surface area contributed by atoms with Crippen LogP contribution in [0.2, 0.25) is 0 Å². The van der Waals surface area contributed by atoms with E-state index in [2.05, 4.69) is 37.9 Å². The molecule has 0 amide bonds. The Kier molecular flexibility index (Phi) is 22.3. The molecule has 1 saturated heterocycles. The van der Waals surface area contributed by atoms with E-state index in [0.717, 1.165) is 57.2 Å². The first-order valence-electron chi connectivity index (χ1n) is 13.6. The van der Waals surface area contributed by atoms with Gasteiger partial charge in [-0.2, -0.15) is 0 Å². The minimum Gasteiger partial charge on any atom is -0.412 e. The van der Waals surface area contributed by atoms with E-state index in [1.54, 1.807) is 0 Å². The lowest BCUT2D eigenvalue weighted by Gasteiger charge is -2.49. The fourth-order valence-corrected chi connectivity index (χ4v) is 6.99. The molecule has 9 heteroatoms. The van der Waals surface area contributed by atoms with Crippen LogP contribution in [0.3, 0.4) is 0 Å². The van der Waals surface area contributed by atoms with Gasteiger partial charge in [-0.1, -0.05) is 35.1 Å². The second kappa shape index (κ2) is 19.9. The lowest BCUT2D eigenvalue weighted by molar-refractivity contribution is 0.000501. The maximum Gasteiger partial charge on any atom is 0.0594 e. The van der Waals surface area contributed by atoms with Crippen molar-refractivity contribution in [1.82, 2.24) is 10.2 Å². The second-order valence-corrected chi connectivity index (χ2v) is 12.7. The molecule has 10 N–H and O–H groups in total. The predicted octanol–water partition coefficient (Wildman–Crippen LogP) is 2.65. The zero-order chi connectivity index (χ0) is 23.1. The van der Waals surface area contributed by atoms with Gasteiger partial charge in [0, 0.05) is 37.7 Å². The van der Waals surface area contributed by atoms with Gasteiger partial charge in [-0.05, 0) is 93.4 Å². The van der Waals surface area contributed by atoms with Gasteiger partial charge in [0.2, 0.25) is 0 Å². The summed E-state index contributed by atoms with van der Waals surface area (Å²) in [4.78, 5) is 2.72. The molecule has 0 spiro atoms. The number of likely N-dealkylation sites (tertiary alicyclic amines) is 1. The van der Waals surface area contributed by atoms with Gasteiger partial charge in [0.15, 0.2) is 0 Å². The van der Waals surface area contributed by atoms with Crippen LogP contribution >= 0.6 is 11.6 Å². The Hall–Kier alpha value is -0.0300. The van der Waals surface area contributed by atoms with Crippen molar-refractivity contribution in [2.45, 2.75) is 110 Å². The van der Waals surface area contributed by atoms with Crippen LogP contribution in [-0.2, 0) is 4.74 Å². The quantitative estimate of drug-likeness (QED) is 0.310. The van der Waals surface area contributed by atoms with Crippen molar-refractivity contribution in [2.75, 3.05) is 39.4 Å². The number of halogens is 1. The van der Waals surface area contributed by atoms with Crippen molar-refractivity contribution in [3.05, 3.63) is 0 Å². The lowest BCUT2D eigenvalue weighted by atomic mass is 9.64. The number of alkyl halides is 1. The molecular weight excluding hydrogens is 496 g/mol. The zero-order valence-corrected chi connectivity index (χ0v) is 24.1. The van der Waals surface area contributed by atoms with Crippen molar-refractivity contribution in [3.8, 4) is 0 Å². The minimum atomic E-state index is 0. The summed E-state index contributed by atoms with van der Waals surface area (Å²) < 4.78 is 6.15. The Balaban J connectivity index is -0.00000231. The Morgan fingerprint density at radius 1 is 0.946 bits per heavy atom. The van der Waals surface area contributed by atoms with Crippen LogP contribution in [0.1, 0.15) is 92.9 Å². The van der Waals surface area contributed by atoms with Crippen LogP contribution in [0.4, 0.5) is 0 Å². The van der Waals surface area contributed by atoms with Gasteiger partial charge in [-0.15, -0.1) is 11.6 Å². The Bertz CT molecular complexity index is 541. The number of ether oxygens (including phenoxy) is 1. The molecule has 37 heavy (non-hydrogen) atoms. The van der Waals surface area contributed by atoms with Crippen LogP contribution in [0.25, 0.3) is 0 Å². The molecule has 2 atom stereocenters. The number of aliphatic hydroxyl groups is 1. The van der Waals surface area contributed by atoms with Crippen LogP contribution in [0, 0.1) is 29.1 Å². The smallest absolute Gasteiger partial charge is 0.0594 e. The van der Waals surface area contributed by atoms with Gasteiger partial charge in [0.1, 0.15) is 0 Å². The molecule has 1 aliphatic heterocycles. The summed E-state index contributed by atoms with van der Waals surface area (Å²) in [5.74, 6) is 2.85. The fourth-order valence-electron chi connectivity index (χ4n) is 6.74. The molecule has 3 fully saturated rings. The van der Waals surface area contributed by atoms with Crippen LogP contribution in [0.5, 0.6) is 0 Å². The van der Waals surface area contributed by atoms with Crippen molar-refractivity contribution in [3.63, 3.8) is 0 Å². The summed E-state index contributed by atoms with van der Waals surface area (Å²) in [6.07, 6.45) is 11.3. The number of hydrogen-bond donors (Lipinski definition) is 2. The molecule has 1 unspecified atom stereocenters. The lowest BCUT2D eigenvalue weighted by Crippen LogP contribution is -2.53. The Morgan fingerprint density at radius 2 is 1.54 bits per heavy atom. The molecular formula is C28H63ClN2O6. The number of rotatable bonds is 10.